The maximum absolute atomic E-state index is 5.94. The molecule has 0 fully saturated rings. The molecule has 0 atom stereocenters. The van der Waals surface area contributed by atoms with Crippen molar-refractivity contribution in [3.63, 3.8) is 0 Å². The predicted molar refractivity (Wildman–Crippen MR) is 104 cm³/mol. The minimum absolute atomic E-state index is 0.745. The Morgan fingerprint density at radius 3 is 2.56 bits per heavy atom. The molecule has 0 aliphatic heterocycles. The standard InChI is InChI=1S/C19H19ClN4S/c1-2-6-18-22-23-19(25-14-16-9-11-17(20)12-10-16)24(18)21-13-15-7-4-3-5-8-15/h3-5,7-13H,2,6,14H2,1H3/b21-13+. The monoisotopic (exact) mass is 370 g/mol. The Morgan fingerprint density at radius 2 is 1.84 bits per heavy atom. The molecule has 0 amide bonds. The van der Waals surface area contributed by atoms with Crippen LogP contribution in [0.1, 0.15) is 30.3 Å². The van der Waals surface area contributed by atoms with Crippen LogP contribution in [0.4, 0.5) is 0 Å². The van der Waals surface area contributed by atoms with Gasteiger partial charge in [-0.15, -0.1) is 10.2 Å². The van der Waals surface area contributed by atoms with E-state index in [2.05, 4.69) is 22.2 Å². The number of halogens is 1. The minimum Gasteiger partial charge on any atom is -0.191 e. The van der Waals surface area contributed by atoms with Crippen LogP contribution in [0.15, 0.2) is 64.9 Å². The number of hydrogen-bond donors (Lipinski definition) is 0. The van der Waals surface area contributed by atoms with Crippen LogP contribution in [0, 0.1) is 0 Å². The van der Waals surface area contributed by atoms with E-state index >= 15 is 0 Å². The van der Waals surface area contributed by atoms with Crippen molar-refractivity contribution in [3.8, 4) is 0 Å². The van der Waals surface area contributed by atoms with Crippen LogP contribution < -0.4 is 0 Å². The van der Waals surface area contributed by atoms with Crippen molar-refractivity contribution in [2.45, 2.75) is 30.7 Å². The van der Waals surface area contributed by atoms with Gasteiger partial charge in [-0.3, -0.25) is 0 Å². The van der Waals surface area contributed by atoms with E-state index in [0.29, 0.717) is 0 Å². The molecule has 0 unspecified atom stereocenters. The second-order valence-electron chi connectivity index (χ2n) is 5.53. The zero-order valence-corrected chi connectivity index (χ0v) is 15.5. The third-order valence-electron chi connectivity index (χ3n) is 3.55. The summed E-state index contributed by atoms with van der Waals surface area (Å²) in [7, 11) is 0. The molecule has 128 valence electrons. The van der Waals surface area contributed by atoms with Gasteiger partial charge in [-0.2, -0.15) is 9.78 Å². The van der Waals surface area contributed by atoms with Crippen molar-refractivity contribution in [2.75, 3.05) is 0 Å². The lowest BCUT2D eigenvalue weighted by atomic mass is 10.2. The summed E-state index contributed by atoms with van der Waals surface area (Å²) in [6, 6.07) is 17.9. The topological polar surface area (TPSA) is 43.1 Å². The highest BCUT2D eigenvalue weighted by Gasteiger charge is 2.11. The molecule has 3 aromatic rings. The van der Waals surface area contributed by atoms with Crippen molar-refractivity contribution in [1.82, 2.24) is 14.9 Å². The Bertz CT molecular complexity index is 828. The van der Waals surface area contributed by atoms with Crippen LogP contribution in [0.25, 0.3) is 0 Å². The molecule has 2 aromatic carbocycles. The van der Waals surface area contributed by atoms with Gasteiger partial charge >= 0.3 is 0 Å². The summed E-state index contributed by atoms with van der Waals surface area (Å²) in [5.41, 5.74) is 2.24. The van der Waals surface area contributed by atoms with E-state index in [1.54, 1.807) is 11.8 Å². The van der Waals surface area contributed by atoms with Gasteiger partial charge in [-0.25, -0.2) is 0 Å². The molecule has 0 aliphatic rings. The Hall–Kier alpha value is -2.11. The lowest BCUT2D eigenvalue weighted by Crippen LogP contribution is -2.00. The third kappa shape index (κ3) is 4.94. The fraction of sp³-hybridized carbons (Fsp3) is 0.211. The summed E-state index contributed by atoms with van der Waals surface area (Å²) in [5, 5.41) is 14.8. The van der Waals surface area contributed by atoms with Crippen molar-refractivity contribution >= 4 is 29.6 Å². The average molecular weight is 371 g/mol. The van der Waals surface area contributed by atoms with E-state index in [0.717, 1.165) is 40.2 Å². The zero-order valence-electron chi connectivity index (χ0n) is 14.0. The smallest absolute Gasteiger partial charge is 0.191 e. The number of hydrogen-bond acceptors (Lipinski definition) is 4. The van der Waals surface area contributed by atoms with Gasteiger partial charge < -0.3 is 0 Å². The van der Waals surface area contributed by atoms with Gasteiger partial charge in [0.15, 0.2) is 5.82 Å². The van der Waals surface area contributed by atoms with Gasteiger partial charge in [-0.1, -0.05) is 72.8 Å². The first-order valence-electron chi connectivity index (χ1n) is 8.17. The van der Waals surface area contributed by atoms with E-state index in [1.807, 2.05) is 65.5 Å². The molecule has 0 spiro atoms. The normalized spacial score (nSPS) is 11.3. The summed E-state index contributed by atoms with van der Waals surface area (Å²) in [6.45, 7) is 2.13. The first kappa shape index (κ1) is 17.7. The van der Waals surface area contributed by atoms with Crippen LogP contribution in [0.3, 0.4) is 0 Å². The molecule has 0 saturated carbocycles. The Morgan fingerprint density at radius 1 is 1.08 bits per heavy atom. The van der Waals surface area contributed by atoms with Gasteiger partial charge in [0, 0.05) is 17.2 Å². The van der Waals surface area contributed by atoms with E-state index < -0.39 is 0 Å². The summed E-state index contributed by atoms with van der Waals surface area (Å²) >= 11 is 7.56. The number of nitrogens with zero attached hydrogens (tertiary/aromatic N) is 4. The van der Waals surface area contributed by atoms with Crippen LogP contribution >= 0.6 is 23.4 Å². The minimum atomic E-state index is 0.745. The fourth-order valence-corrected chi connectivity index (χ4v) is 3.26. The van der Waals surface area contributed by atoms with Gasteiger partial charge in [-0.05, 0) is 29.7 Å². The van der Waals surface area contributed by atoms with Crippen molar-refractivity contribution in [2.24, 2.45) is 5.10 Å². The summed E-state index contributed by atoms with van der Waals surface area (Å²) < 4.78 is 1.84. The largest absolute Gasteiger partial charge is 0.212 e. The van der Waals surface area contributed by atoms with Gasteiger partial charge in [0.25, 0.3) is 0 Å². The molecular weight excluding hydrogens is 352 g/mol. The lowest BCUT2D eigenvalue weighted by Gasteiger charge is -2.04. The average Bonchev–Trinajstić information content (AvgIpc) is 3.02. The Kier molecular flexibility index (Phi) is 6.25. The number of aryl methyl sites for hydroxylation is 1. The molecule has 1 heterocycles. The molecule has 6 heteroatoms. The first-order chi connectivity index (χ1) is 12.3. The molecule has 0 aliphatic carbocycles. The summed E-state index contributed by atoms with van der Waals surface area (Å²) in [5.74, 6) is 1.68. The highest BCUT2D eigenvalue weighted by atomic mass is 35.5. The molecule has 4 nitrogen and oxygen atoms in total. The quantitative estimate of drug-likeness (QED) is 0.431. The highest BCUT2D eigenvalue weighted by molar-refractivity contribution is 7.98. The van der Waals surface area contributed by atoms with E-state index in [1.165, 1.54) is 5.56 Å². The number of thioether (sulfide) groups is 1. The van der Waals surface area contributed by atoms with Crippen LogP contribution in [-0.2, 0) is 12.2 Å². The molecule has 0 saturated heterocycles. The van der Waals surface area contributed by atoms with Gasteiger partial charge in [0.05, 0.1) is 6.21 Å². The maximum atomic E-state index is 5.94. The lowest BCUT2D eigenvalue weighted by molar-refractivity contribution is 0.700. The molecular formula is C19H19ClN4S. The predicted octanol–water partition coefficient (Wildman–Crippen LogP) is 5.06. The Labute approximate surface area is 156 Å². The molecule has 1 aromatic heterocycles. The molecule has 25 heavy (non-hydrogen) atoms. The number of aromatic nitrogens is 3. The molecule has 0 bridgehead atoms. The second kappa shape index (κ2) is 8.83. The third-order valence-corrected chi connectivity index (χ3v) is 4.80. The van der Waals surface area contributed by atoms with Crippen molar-refractivity contribution in [1.29, 1.82) is 0 Å². The molecule has 3 rings (SSSR count). The van der Waals surface area contributed by atoms with Crippen LogP contribution in [-0.4, -0.2) is 21.1 Å². The zero-order chi connectivity index (χ0) is 17.5. The highest BCUT2D eigenvalue weighted by Crippen LogP contribution is 2.23. The SMILES string of the molecule is CCCc1nnc(SCc2ccc(Cl)cc2)n1/N=C/c1ccccc1. The number of benzene rings is 2. The van der Waals surface area contributed by atoms with Crippen LogP contribution in [0.2, 0.25) is 5.02 Å². The summed E-state index contributed by atoms with van der Waals surface area (Å²) in [6.07, 6.45) is 3.69. The first-order valence-corrected chi connectivity index (χ1v) is 9.53. The maximum Gasteiger partial charge on any atom is 0.212 e. The van der Waals surface area contributed by atoms with Crippen molar-refractivity contribution in [3.05, 3.63) is 76.6 Å². The van der Waals surface area contributed by atoms with E-state index in [4.69, 9.17) is 11.6 Å². The van der Waals surface area contributed by atoms with E-state index in [-0.39, 0.29) is 0 Å². The van der Waals surface area contributed by atoms with E-state index in [9.17, 15) is 0 Å². The molecule has 0 N–H and O–H groups in total. The fourth-order valence-electron chi connectivity index (χ4n) is 2.27. The van der Waals surface area contributed by atoms with Gasteiger partial charge in [0.2, 0.25) is 5.16 Å². The van der Waals surface area contributed by atoms with Crippen LogP contribution in [0.5, 0.6) is 0 Å². The molecule has 0 radical (unpaired) electrons. The Balaban J connectivity index is 1.78. The van der Waals surface area contributed by atoms with Gasteiger partial charge in [0.1, 0.15) is 0 Å². The van der Waals surface area contributed by atoms with Crippen molar-refractivity contribution < 1.29 is 0 Å². The number of rotatable bonds is 7. The second-order valence-corrected chi connectivity index (χ2v) is 6.91. The summed E-state index contributed by atoms with van der Waals surface area (Å²) in [4.78, 5) is 0.